The van der Waals surface area contributed by atoms with Crippen molar-refractivity contribution in [1.82, 2.24) is 0 Å². The van der Waals surface area contributed by atoms with Crippen LogP contribution in [0.2, 0.25) is 0 Å². The van der Waals surface area contributed by atoms with Gasteiger partial charge in [-0.15, -0.1) is 0 Å². The molecule has 0 fully saturated rings. The zero-order valence-electron chi connectivity index (χ0n) is 9.20. The van der Waals surface area contributed by atoms with E-state index in [1.165, 1.54) is 21.1 Å². The van der Waals surface area contributed by atoms with Crippen molar-refractivity contribution in [1.29, 1.82) is 0 Å². The van der Waals surface area contributed by atoms with Crippen LogP contribution in [0.25, 0.3) is 0 Å². The van der Waals surface area contributed by atoms with Gasteiger partial charge in [-0.2, -0.15) is 0 Å². The van der Waals surface area contributed by atoms with Gasteiger partial charge in [0.1, 0.15) is 0 Å². The molecule has 0 amide bonds. The van der Waals surface area contributed by atoms with E-state index >= 15 is 0 Å². The number of carbonyl (C=O) groups excluding carboxylic acids is 3. The van der Waals surface area contributed by atoms with Gasteiger partial charge in [-0.25, -0.2) is 14.6 Å². The van der Waals surface area contributed by atoms with E-state index in [2.05, 4.69) is 14.5 Å². The van der Waals surface area contributed by atoms with Gasteiger partial charge < -0.3 is 9.47 Å². The van der Waals surface area contributed by atoms with E-state index in [4.69, 9.17) is 0 Å². The summed E-state index contributed by atoms with van der Waals surface area (Å²) >= 11 is 0. The third-order valence-corrected chi connectivity index (χ3v) is 2.12. The lowest BCUT2D eigenvalue weighted by Crippen LogP contribution is -2.24. The molecule has 1 heterocycles. The summed E-state index contributed by atoms with van der Waals surface area (Å²) in [5, 5.41) is 0. The van der Waals surface area contributed by atoms with Crippen LogP contribution in [0.4, 0.5) is 0 Å². The minimum absolute atomic E-state index is 0.0649. The van der Waals surface area contributed by atoms with Gasteiger partial charge in [0.25, 0.3) is 0 Å². The molecule has 0 atom stereocenters. The number of hydrogen-bond acceptors (Lipinski definition) is 6. The molecule has 0 aromatic rings. The minimum atomic E-state index is -0.757. The molecule has 0 radical (unpaired) electrons. The number of ether oxygens (including phenoxy) is 2. The molecule has 6 heteroatoms. The van der Waals surface area contributed by atoms with E-state index < -0.39 is 11.9 Å². The minimum Gasteiger partial charge on any atom is -0.466 e. The van der Waals surface area contributed by atoms with E-state index in [0.29, 0.717) is 0 Å². The van der Waals surface area contributed by atoms with E-state index in [9.17, 15) is 14.4 Å². The molecular weight excluding hydrogens is 214 g/mol. The predicted octanol–water partition coefficient (Wildman–Crippen LogP) is 0.0202. The zero-order chi connectivity index (χ0) is 12.3. The van der Waals surface area contributed by atoms with Gasteiger partial charge in [0.15, 0.2) is 11.5 Å². The molecule has 1 rings (SSSR count). The Bertz CT molecular complexity index is 419. The molecule has 0 bridgehead atoms. The Balaban J connectivity index is 3.25. The first kappa shape index (κ1) is 12.1. The number of ketones is 1. The first-order chi connectivity index (χ1) is 7.51. The average Bonchev–Trinajstić information content (AvgIpc) is 2.30. The summed E-state index contributed by atoms with van der Waals surface area (Å²) < 4.78 is 8.95. The van der Waals surface area contributed by atoms with Gasteiger partial charge in [0.05, 0.1) is 25.5 Å². The Hall–Kier alpha value is -1.98. The fraction of sp³-hybridized carbons (Fsp3) is 0.400. The van der Waals surface area contributed by atoms with Gasteiger partial charge in [-0.3, -0.25) is 4.79 Å². The summed E-state index contributed by atoms with van der Waals surface area (Å²) in [5.41, 5.74) is -0.0514. The molecular formula is C10H11NO5. The van der Waals surface area contributed by atoms with Gasteiger partial charge in [0, 0.05) is 6.42 Å². The maximum Gasteiger partial charge on any atom is 0.357 e. The van der Waals surface area contributed by atoms with Crippen LogP contribution in [0.15, 0.2) is 16.3 Å². The molecule has 0 saturated heterocycles. The molecule has 0 aromatic carbocycles. The highest BCUT2D eigenvalue weighted by Gasteiger charge is 2.29. The molecule has 6 nitrogen and oxygen atoms in total. The molecule has 0 aliphatic carbocycles. The number of carbonyl (C=O) groups is 3. The Morgan fingerprint density at radius 3 is 2.25 bits per heavy atom. The monoisotopic (exact) mass is 225 g/mol. The number of rotatable bonds is 2. The van der Waals surface area contributed by atoms with E-state index in [1.807, 2.05) is 0 Å². The third-order valence-electron chi connectivity index (χ3n) is 2.12. The topological polar surface area (TPSA) is 82.0 Å². The van der Waals surface area contributed by atoms with Gasteiger partial charge in [-0.1, -0.05) is 0 Å². The van der Waals surface area contributed by atoms with E-state index in [1.54, 1.807) is 0 Å². The van der Waals surface area contributed by atoms with Crippen LogP contribution in [0.1, 0.15) is 13.3 Å². The summed E-state index contributed by atoms with van der Waals surface area (Å²) in [7, 11) is 2.34. The Labute approximate surface area is 91.9 Å². The third kappa shape index (κ3) is 2.16. The van der Waals surface area contributed by atoms with Gasteiger partial charge in [-0.05, 0) is 6.92 Å². The molecule has 0 spiro atoms. The van der Waals surface area contributed by atoms with E-state index in [-0.39, 0.29) is 29.2 Å². The van der Waals surface area contributed by atoms with Crippen LogP contribution in [-0.4, -0.2) is 37.7 Å². The highest BCUT2D eigenvalue weighted by atomic mass is 16.5. The normalized spacial score (nSPS) is 15.7. The standard InChI is InChI=1S/C10H11NO5/c1-5-7(12)4-6(9(13)15-2)8(11-5)10(14)16-3/h4H2,1-3H3. The van der Waals surface area contributed by atoms with E-state index in [0.717, 1.165) is 0 Å². The molecule has 0 N–H and O–H groups in total. The van der Waals surface area contributed by atoms with Crippen molar-refractivity contribution >= 4 is 23.4 Å². The first-order valence-corrected chi connectivity index (χ1v) is 4.49. The van der Waals surface area contributed by atoms with Crippen molar-refractivity contribution in [2.45, 2.75) is 13.3 Å². The largest absolute Gasteiger partial charge is 0.466 e. The molecule has 1 aliphatic heterocycles. The smallest absolute Gasteiger partial charge is 0.357 e. The summed E-state index contributed by atoms with van der Waals surface area (Å²) in [6.45, 7) is 1.47. The van der Waals surface area contributed by atoms with Crippen molar-refractivity contribution in [3.8, 4) is 0 Å². The number of esters is 2. The highest BCUT2D eigenvalue weighted by molar-refractivity contribution is 6.41. The summed E-state index contributed by atoms with van der Waals surface area (Å²) in [5.74, 6) is -1.81. The lowest BCUT2D eigenvalue weighted by molar-refractivity contribution is -0.139. The van der Waals surface area contributed by atoms with Crippen molar-refractivity contribution in [3.05, 3.63) is 11.3 Å². The molecule has 0 unspecified atom stereocenters. The Morgan fingerprint density at radius 2 is 1.75 bits per heavy atom. The Kier molecular flexibility index (Phi) is 3.55. The van der Waals surface area contributed by atoms with Crippen LogP contribution in [0.5, 0.6) is 0 Å². The number of nitrogens with zero attached hydrogens (tertiary/aromatic N) is 1. The fourth-order valence-electron chi connectivity index (χ4n) is 1.23. The zero-order valence-corrected chi connectivity index (χ0v) is 9.20. The molecule has 0 aromatic heterocycles. The summed E-state index contributed by atoms with van der Waals surface area (Å²) in [4.78, 5) is 37.8. The molecule has 0 saturated carbocycles. The second-order valence-corrected chi connectivity index (χ2v) is 3.11. The first-order valence-electron chi connectivity index (χ1n) is 4.49. The molecule has 1 aliphatic rings. The maximum absolute atomic E-state index is 11.4. The lowest BCUT2D eigenvalue weighted by Gasteiger charge is -2.13. The van der Waals surface area contributed by atoms with Crippen LogP contribution in [0, 0.1) is 0 Å². The molecule has 16 heavy (non-hydrogen) atoms. The van der Waals surface area contributed by atoms with Crippen LogP contribution >= 0.6 is 0 Å². The predicted molar refractivity (Wildman–Crippen MR) is 53.8 cm³/mol. The van der Waals surface area contributed by atoms with Crippen molar-refractivity contribution < 1.29 is 23.9 Å². The van der Waals surface area contributed by atoms with Crippen LogP contribution in [0.3, 0.4) is 0 Å². The van der Waals surface area contributed by atoms with Crippen LogP contribution in [-0.2, 0) is 23.9 Å². The second kappa shape index (κ2) is 4.69. The quantitative estimate of drug-likeness (QED) is 0.619. The summed E-state index contributed by atoms with van der Waals surface area (Å²) in [6.07, 6.45) is -0.188. The van der Waals surface area contributed by atoms with Gasteiger partial charge >= 0.3 is 11.9 Å². The number of aliphatic imine (C=N–C) groups is 1. The number of hydrogen-bond donors (Lipinski definition) is 0. The van der Waals surface area contributed by atoms with Crippen molar-refractivity contribution in [2.24, 2.45) is 4.99 Å². The number of Topliss-reactive ketones (excluding diaryl/α,β-unsaturated/α-hetero) is 1. The molecule has 86 valence electrons. The summed E-state index contributed by atoms with van der Waals surface area (Å²) in [6, 6.07) is 0. The maximum atomic E-state index is 11.4. The SMILES string of the molecule is COC(=O)C1=C(C(=O)OC)N=C(C)C(=O)C1. The fourth-order valence-corrected chi connectivity index (χ4v) is 1.23. The second-order valence-electron chi connectivity index (χ2n) is 3.11. The Morgan fingerprint density at radius 1 is 1.19 bits per heavy atom. The number of methoxy groups -OCH3 is 2. The lowest BCUT2D eigenvalue weighted by atomic mass is 10.0. The average molecular weight is 225 g/mol. The highest BCUT2D eigenvalue weighted by Crippen LogP contribution is 2.19. The van der Waals surface area contributed by atoms with Crippen molar-refractivity contribution in [2.75, 3.05) is 14.2 Å². The van der Waals surface area contributed by atoms with Gasteiger partial charge in [0.2, 0.25) is 0 Å². The van der Waals surface area contributed by atoms with Crippen LogP contribution < -0.4 is 0 Å². The van der Waals surface area contributed by atoms with Crippen molar-refractivity contribution in [3.63, 3.8) is 0 Å².